The molecule has 30 heavy (non-hydrogen) atoms. The number of benzene rings is 2. The molecule has 0 aliphatic rings. The summed E-state index contributed by atoms with van der Waals surface area (Å²) in [5.74, 6) is 1.31. The molecule has 2 aromatic carbocycles. The summed E-state index contributed by atoms with van der Waals surface area (Å²) in [5.41, 5.74) is 0.916. The number of hydrogen-bond acceptors (Lipinski definition) is 4. The molecule has 2 aromatic rings. The van der Waals surface area contributed by atoms with Gasteiger partial charge in [0.1, 0.15) is 17.5 Å². The van der Waals surface area contributed by atoms with Gasteiger partial charge in [0.15, 0.2) is 6.61 Å². The van der Waals surface area contributed by atoms with Gasteiger partial charge in [0.05, 0.1) is 7.11 Å². The molecular formula is C24H32N2O4. The number of nitrogens with zero attached hydrogens (tertiary/aromatic N) is 1. The maximum Gasteiger partial charge on any atom is 0.261 e. The quantitative estimate of drug-likeness (QED) is 0.612. The number of para-hydroxylation sites is 1. The van der Waals surface area contributed by atoms with E-state index in [2.05, 4.69) is 5.32 Å². The third kappa shape index (κ3) is 7.10. The minimum absolute atomic E-state index is 0.131. The van der Waals surface area contributed by atoms with Gasteiger partial charge in [-0.15, -0.1) is 0 Å². The minimum atomic E-state index is -0.572. The predicted molar refractivity (Wildman–Crippen MR) is 117 cm³/mol. The molecule has 0 heterocycles. The summed E-state index contributed by atoms with van der Waals surface area (Å²) in [6.45, 7) is 6.74. The Bertz CT molecular complexity index is 791. The van der Waals surface area contributed by atoms with E-state index in [0.29, 0.717) is 31.2 Å². The second-order valence-corrected chi connectivity index (χ2v) is 7.53. The summed E-state index contributed by atoms with van der Waals surface area (Å²) < 4.78 is 10.9. The molecule has 0 bridgehead atoms. The highest BCUT2D eigenvalue weighted by Crippen LogP contribution is 2.17. The normalized spacial score (nSPS) is 11.6. The van der Waals surface area contributed by atoms with Crippen molar-refractivity contribution in [1.82, 2.24) is 10.2 Å². The van der Waals surface area contributed by atoms with Gasteiger partial charge < -0.3 is 19.7 Å². The highest BCUT2D eigenvalue weighted by molar-refractivity contribution is 5.88. The molecule has 0 radical (unpaired) electrons. The van der Waals surface area contributed by atoms with Crippen molar-refractivity contribution >= 4 is 11.8 Å². The van der Waals surface area contributed by atoms with Crippen molar-refractivity contribution in [3.8, 4) is 11.5 Å². The van der Waals surface area contributed by atoms with E-state index in [4.69, 9.17) is 9.47 Å². The lowest BCUT2D eigenvalue weighted by molar-refractivity contribution is -0.143. The zero-order valence-corrected chi connectivity index (χ0v) is 18.3. The number of carbonyl (C=O) groups excluding carboxylic acids is 2. The molecule has 0 unspecified atom stereocenters. The molecule has 1 N–H and O–H groups in total. The van der Waals surface area contributed by atoms with Crippen LogP contribution in [-0.4, -0.2) is 43.0 Å². The van der Waals surface area contributed by atoms with Gasteiger partial charge in [0.2, 0.25) is 5.91 Å². The van der Waals surface area contributed by atoms with Crippen LogP contribution in [0, 0.1) is 5.92 Å². The van der Waals surface area contributed by atoms with Crippen LogP contribution in [0.3, 0.4) is 0 Å². The van der Waals surface area contributed by atoms with Gasteiger partial charge >= 0.3 is 0 Å². The van der Waals surface area contributed by atoms with Crippen molar-refractivity contribution in [1.29, 1.82) is 0 Å². The fraction of sp³-hybridized carbons (Fsp3) is 0.417. The zero-order chi connectivity index (χ0) is 21.9. The Morgan fingerprint density at radius 2 is 1.67 bits per heavy atom. The largest absolute Gasteiger partial charge is 0.497 e. The Morgan fingerprint density at radius 3 is 2.23 bits per heavy atom. The lowest BCUT2D eigenvalue weighted by Crippen LogP contribution is -2.50. The molecule has 0 spiro atoms. The molecule has 0 aliphatic carbocycles. The van der Waals surface area contributed by atoms with E-state index >= 15 is 0 Å². The lowest BCUT2D eigenvalue weighted by Gasteiger charge is -2.30. The number of ether oxygens (including phenoxy) is 2. The van der Waals surface area contributed by atoms with Crippen molar-refractivity contribution in [2.24, 2.45) is 5.92 Å². The topological polar surface area (TPSA) is 67.9 Å². The lowest BCUT2D eigenvalue weighted by atomic mass is 10.1. The van der Waals surface area contributed by atoms with Crippen molar-refractivity contribution < 1.29 is 19.1 Å². The van der Waals surface area contributed by atoms with Gasteiger partial charge in [-0.05, 0) is 42.2 Å². The maximum atomic E-state index is 13.1. The van der Waals surface area contributed by atoms with E-state index in [9.17, 15) is 9.59 Å². The number of methoxy groups -OCH3 is 1. The summed E-state index contributed by atoms with van der Waals surface area (Å²) in [6, 6.07) is 16.1. The number of rotatable bonds is 11. The van der Waals surface area contributed by atoms with Crippen LogP contribution in [-0.2, 0) is 16.1 Å². The smallest absolute Gasteiger partial charge is 0.261 e. The summed E-state index contributed by atoms with van der Waals surface area (Å²) >= 11 is 0. The molecule has 162 valence electrons. The Hall–Kier alpha value is -3.02. The van der Waals surface area contributed by atoms with Crippen molar-refractivity contribution in [3.05, 3.63) is 60.2 Å². The van der Waals surface area contributed by atoms with Gasteiger partial charge in [-0.1, -0.05) is 51.1 Å². The third-order valence-electron chi connectivity index (χ3n) is 4.69. The number of carbonyl (C=O) groups is 2. The molecule has 2 rings (SSSR count). The third-order valence-corrected chi connectivity index (χ3v) is 4.69. The second-order valence-electron chi connectivity index (χ2n) is 7.53. The molecule has 1 atom stereocenters. The van der Waals surface area contributed by atoms with E-state index in [-0.39, 0.29) is 18.4 Å². The first-order chi connectivity index (χ1) is 14.4. The van der Waals surface area contributed by atoms with Crippen LogP contribution in [0.25, 0.3) is 0 Å². The van der Waals surface area contributed by atoms with Crippen molar-refractivity contribution in [2.75, 3.05) is 20.3 Å². The fourth-order valence-electron chi connectivity index (χ4n) is 3.01. The monoisotopic (exact) mass is 412 g/mol. The first-order valence-electron chi connectivity index (χ1n) is 10.3. The molecule has 0 saturated carbocycles. The minimum Gasteiger partial charge on any atom is -0.497 e. The molecule has 6 nitrogen and oxygen atoms in total. The number of amides is 2. The van der Waals surface area contributed by atoms with Crippen LogP contribution < -0.4 is 14.8 Å². The predicted octanol–water partition coefficient (Wildman–Crippen LogP) is 3.65. The Morgan fingerprint density at radius 1 is 1.00 bits per heavy atom. The van der Waals surface area contributed by atoms with E-state index in [1.165, 1.54) is 0 Å². The standard InChI is InChI=1S/C24H32N2O4/c1-5-22(24(28)25-15-18(2)3)26(16-19-11-13-20(29-4)14-12-19)23(27)17-30-21-9-7-6-8-10-21/h6-14,18,22H,5,15-17H2,1-4H3,(H,25,28)/t22-/m0/s1. The van der Waals surface area contributed by atoms with Gasteiger partial charge in [-0.25, -0.2) is 0 Å². The zero-order valence-electron chi connectivity index (χ0n) is 18.3. The molecular weight excluding hydrogens is 380 g/mol. The Balaban J connectivity index is 2.17. The van der Waals surface area contributed by atoms with Gasteiger partial charge in [0, 0.05) is 13.1 Å². The average Bonchev–Trinajstić information content (AvgIpc) is 2.77. The van der Waals surface area contributed by atoms with Gasteiger partial charge in [-0.3, -0.25) is 9.59 Å². The van der Waals surface area contributed by atoms with E-state index in [1.54, 1.807) is 24.1 Å². The van der Waals surface area contributed by atoms with Crippen LogP contribution in [0.4, 0.5) is 0 Å². The molecule has 0 fully saturated rings. The van der Waals surface area contributed by atoms with Crippen LogP contribution in [0.5, 0.6) is 11.5 Å². The molecule has 2 amide bonds. The van der Waals surface area contributed by atoms with Gasteiger partial charge in [-0.2, -0.15) is 0 Å². The maximum absolute atomic E-state index is 13.1. The second kappa shape index (κ2) is 11.9. The average molecular weight is 413 g/mol. The van der Waals surface area contributed by atoms with Crippen molar-refractivity contribution in [2.45, 2.75) is 39.8 Å². The SMILES string of the molecule is CC[C@@H](C(=O)NCC(C)C)N(Cc1ccc(OC)cc1)C(=O)COc1ccccc1. The Kier molecular flexibility index (Phi) is 9.19. The van der Waals surface area contributed by atoms with Gasteiger partial charge in [0.25, 0.3) is 5.91 Å². The highest BCUT2D eigenvalue weighted by Gasteiger charge is 2.29. The summed E-state index contributed by atoms with van der Waals surface area (Å²) in [7, 11) is 1.61. The highest BCUT2D eigenvalue weighted by atomic mass is 16.5. The van der Waals surface area contributed by atoms with E-state index < -0.39 is 6.04 Å². The van der Waals surface area contributed by atoms with Crippen LogP contribution in [0.15, 0.2) is 54.6 Å². The molecule has 0 aliphatic heterocycles. The van der Waals surface area contributed by atoms with E-state index in [1.807, 2.05) is 63.2 Å². The van der Waals surface area contributed by atoms with Crippen LogP contribution >= 0.6 is 0 Å². The molecule has 0 saturated heterocycles. The number of hydrogen-bond donors (Lipinski definition) is 1. The van der Waals surface area contributed by atoms with E-state index in [0.717, 1.165) is 11.3 Å². The first kappa shape index (κ1) is 23.3. The molecule has 6 heteroatoms. The number of nitrogens with one attached hydrogen (secondary N) is 1. The van der Waals surface area contributed by atoms with Crippen LogP contribution in [0.1, 0.15) is 32.8 Å². The fourth-order valence-corrected chi connectivity index (χ4v) is 3.01. The molecule has 0 aromatic heterocycles. The summed E-state index contributed by atoms with van der Waals surface area (Å²) in [5, 5.41) is 2.95. The Labute approximate surface area is 179 Å². The summed E-state index contributed by atoms with van der Waals surface area (Å²) in [4.78, 5) is 27.5. The summed E-state index contributed by atoms with van der Waals surface area (Å²) in [6.07, 6.45) is 0.511. The first-order valence-corrected chi connectivity index (χ1v) is 10.3. The van der Waals surface area contributed by atoms with Crippen LogP contribution in [0.2, 0.25) is 0 Å². The van der Waals surface area contributed by atoms with Crippen molar-refractivity contribution in [3.63, 3.8) is 0 Å².